The fourth-order valence-corrected chi connectivity index (χ4v) is 1.86. The number of unbranched alkanes of at least 4 members (excludes halogenated alkanes) is 1. The van der Waals surface area contributed by atoms with E-state index in [9.17, 15) is 14.4 Å². The van der Waals surface area contributed by atoms with E-state index in [1.165, 1.54) is 13.8 Å². The number of hydrazine groups is 1. The molecule has 160 valence electrons. The molecular formula is C17H35N3O7. The molecule has 0 saturated carbocycles. The average Bonchev–Trinajstić information content (AvgIpc) is 2.63. The van der Waals surface area contributed by atoms with Crippen molar-refractivity contribution in [3.8, 4) is 0 Å². The summed E-state index contributed by atoms with van der Waals surface area (Å²) in [6.45, 7) is 7.84. The molecule has 0 radical (unpaired) electrons. The number of carbonyl (C=O) groups excluding carboxylic acids is 3. The van der Waals surface area contributed by atoms with Gasteiger partial charge in [-0.1, -0.05) is 13.3 Å². The van der Waals surface area contributed by atoms with Crippen molar-refractivity contribution < 1.29 is 33.3 Å². The van der Waals surface area contributed by atoms with Crippen LogP contribution in [0, 0.1) is 0 Å². The molecule has 0 aliphatic carbocycles. The number of nitrogens with two attached hydrogens (primary N) is 2. The molecule has 0 unspecified atom stereocenters. The number of rotatable bonds is 15. The van der Waals surface area contributed by atoms with Crippen LogP contribution in [0.3, 0.4) is 0 Å². The minimum absolute atomic E-state index is 0.203. The van der Waals surface area contributed by atoms with Crippen molar-refractivity contribution in [3.05, 3.63) is 0 Å². The van der Waals surface area contributed by atoms with Gasteiger partial charge in [0.1, 0.15) is 19.8 Å². The van der Waals surface area contributed by atoms with E-state index < -0.39 is 0 Å². The summed E-state index contributed by atoms with van der Waals surface area (Å²) in [5.74, 6) is 6.97. The van der Waals surface area contributed by atoms with E-state index in [1.807, 2.05) is 4.90 Å². The number of ether oxygens (including phenoxy) is 4. The zero-order valence-corrected chi connectivity index (χ0v) is 16.7. The van der Waals surface area contributed by atoms with Crippen LogP contribution in [-0.4, -0.2) is 75.5 Å². The summed E-state index contributed by atoms with van der Waals surface area (Å²) in [5, 5.41) is 0. The van der Waals surface area contributed by atoms with Crippen molar-refractivity contribution in [1.82, 2.24) is 4.90 Å². The second kappa shape index (κ2) is 20.6. The van der Waals surface area contributed by atoms with Gasteiger partial charge in [-0.3, -0.25) is 31.0 Å². The minimum Gasteiger partial charge on any atom is -0.465 e. The van der Waals surface area contributed by atoms with E-state index in [1.54, 1.807) is 0 Å². The van der Waals surface area contributed by atoms with E-state index >= 15 is 0 Å². The highest BCUT2D eigenvalue weighted by Gasteiger charge is 2.11. The molecule has 0 saturated heterocycles. The highest BCUT2D eigenvalue weighted by Crippen LogP contribution is 1.97. The summed E-state index contributed by atoms with van der Waals surface area (Å²) in [6, 6.07) is 0. The first-order valence-electron chi connectivity index (χ1n) is 9.01. The summed E-state index contributed by atoms with van der Waals surface area (Å²) < 4.78 is 20.2. The topological polar surface area (TPSA) is 143 Å². The zero-order chi connectivity index (χ0) is 20.9. The Bertz CT molecular complexity index is 375. The Balaban J connectivity index is 0. The third kappa shape index (κ3) is 22.2. The number of carbonyl (C=O) groups is 3. The summed E-state index contributed by atoms with van der Waals surface area (Å²) in [6.07, 6.45) is 2.26. The van der Waals surface area contributed by atoms with Gasteiger partial charge >= 0.3 is 17.9 Å². The lowest BCUT2D eigenvalue weighted by atomic mass is 10.3. The normalized spacial score (nSPS) is 10.0. The van der Waals surface area contributed by atoms with Crippen molar-refractivity contribution in [2.75, 3.05) is 52.7 Å². The molecule has 0 amide bonds. The number of hydrogen-bond acceptors (Lipinski definition) is 10. The number of nitrogens with zero attached hydrogens (tertiary/aromatic N) is 1. The molecule has 0 bridgehead atoms. The van der Waals surface area contributed by atoms with Crippen molar-refractivity contribution in [3.63, 3.8) is 0 Å². The first-order valence-corrected chi connectivity index (χ1v) is 9.01. The Morgan fingerprint density at radius 3 is 1.81 bits per heavy atom. The van der Waals surface area contributed by atoms with Crippen molar-refractivity contribution >= 4 is 17.9 Å². The van der Waals surface area contributed by atoms with Gasteiger partial charge in [0.15, 0.2) is 0 Å². The predicted octanol–water partition coefficient (Wildman–Crippen LogP) is -0.0166. The largest absolute Gasteiger partial charge is 0.465 e. The van der Waals surface area contributed by atoms with Crippen LogP contribution in [-0.2, 0) is 33.3 Å². The maximum Gasteiger partial charge on any atom is 0.307 e. The predicted molar refractivity (Wildman–Crippen MR) is 99.4 cm³/mol. The summed E-state index contributed by atoms with van der Waals surface area (Å²) >= 11 is 0. The van der Waals surface area contributed by atoms with Gasteiger partial charge in [0.2, 0.25) is 0 Å². The van der Waals surface area contributed by atoms with Crippen LogP contribution >= 0.6 is 0 Å². The summed E-state index contributed by atoms with van der Waals surface area (Å²) in [7, 11) is 0. The maximum atomic E-state index is 11.7. The van der Waals surface area contributed by atoms with E-state index in [0.717, 1.165) is 12.8 Å². The smallest absolute Gasteiger partial charge is 0.307 e. The van der Waals surface area contributed by atoms with Gasteiger partial charge in [0, 0.05) is 40.1 Å². The summed E-state index contributed by atoms with van der Waals surface area (Å²) in [4.78, 5) is 35.2. The van der Waals surface area contributed by atoms with Crippen LogP contribution in [0.1, 0.15) is 40.0 Å². The Morgan fingerprint density at radius 2 is 1.33 bits per heavy atom. The second-order valence-electron chi connectivity index (χ2n) is 5.46. The van der Waals surface area contributed by atoms with Crippen LogP contribution in [0.2, 0.25) is 0 Å². The Labute approximate surface area is 161 Å². The molecule has 10 heteroatoms. The van der Waals surface area contributed by atoms with Crippen LogP contribution in [0.5, 0.6) is 0 Å². The molecule has 0 aliphatic rings. The van der Waals surface area contributed by atoms with Crippen molar-refractivity contribution in [2.45, 2.75) is 40.0 Å². The Morgan fingerprint density at radius 1 is 0.778 bits per heavy atom. The lowest BCUT2D eigenvalue weighted by Crippen LogP contribution is -2.34. The fraction of sp³-hybridized carbons (Fsp3) is 0.824. The standard InChI is InChI=1S/C17H31NO7.H4N2/c1-4-5-10-22-13-14-25-17(21)6-7-18(8-11-23-15(2)19)9-12-24-16(3)20;1-2/h4-14H2,1-3H3;1-2H2. The molecule has 4 N–H and O–H groups in total. The zero-order valence-electron chi connectivity index (χ0n) is 16.7. The molecule has 0 atom stereocenters. The van der Waals surface area contributed by atoms with Crippen molar-refractivity contribution in [2.24, 2.45) is 11.7 Å². The molecular weight excluding hydrogens is 358 g/mol. The van der Waals surface area contributed by atoms with Crippen LogP contribution in [0.4, 0.5) is 0 Å². The first kappa shape index (κ1) is 27.5. The van der Waals surface area contributed by atoms with E-state index in [-0.39, 0.29) is 44.1 Å². The lowest BCUT2D eigenvalue weighted by Gasteiger charge is -2.21. The fourth-order valence-electron chi connectivity index (χ4n) is 1.86. The van der Waals surface area contributed by atoms with Gasteiger partial charge in [-0.2, -0.15) is 0 Å². The molecule has 10 nitrogen and oxygen atoms in total. The minimum atomic E-state index is -0.359. The molecule has 0 aromatic heterocycles. The summed E-state index contributed by atoms with van der Waals surface area (Å²) in [5.41, 5.74) is 0. The van der Waals surface area contributed by atoms with Crippen molar-refractivity contribution in [1.29, 1.82) is 0 Å². The van der Waals surface area contributed by atoms with Gasteiger partial charge in [0.05, 0.1) is 13.0 Å². The highest BCUT2D eigenvalue weighted by molar-refractivity contribution is 5.69. The third-order valence-corrected chi connectivity index (χ3v) is 3.19. The number of esters is 3. The maximum absolute atomic E-state index is 11.7. The average molecular weight is 393 g/mol. The van der Waals surface area contributed by atoms with Gasteiger partial charge in [-0.25, -0.2) is 0 Å². The molecule has 0 aromatic carbocycles. The van der Waals surface area contributed by atoms with Gasteiger partial charge in [-0.15, -0.1) is 0 Å². The molecule has 0 fully saturated rings. The lowest BCUT2D eigenvalue weighted by molar-refractivity contribution is -0.147. The molecule has 0 aromatic rings. The Kier molecular flexibility index (Phi) is 20.9. The van der Waals surface area contributed by atoms with Crippen LogP contribution in [0.25, 0.3) is 0 Å². The third-order valence-electron chi connectivity index (χ3n) is 3.19. The quantitative estimate of drug-likeness (QED) is 0.128. The van der Waals surface area contributed by atoms with Gasteiger partial charge in [0.25, 0.3) is 0 Å². The second-order valence-corrected chi connectivity index (χ2v) is 5.46. The molecule has 0 aliphatic heterocycles. The van der Waals surface area contributed by atoms with E-state index in [0.29, 0.717) is 32.8 Å². The number of hydrogen-bond donors (Lipinski definition) is 2. The molecule has 0 heterocycles. The van der Waals surface area contributed by atoms with E-state index in [4.69, 9.17) is 18.9 Å². The van der Waals surface area contributed by atoms with Crippen LogP contribution in [0.15, 0.2) is 0 Å². The molecule has 27 heavy (non-hydrogen) atoms. The van der Waals surface area contributed by atoms with Gasteiger partial charge in [-0.05, 0) is 6.42 Å². The molecule has 0 rings (SSSR count). The Hall–Kier alpha value is -1.75. The van der Waals surface area contributed by atoms with E-state index in [2.05, 4.69) is 18.6 Å². The van der Waals surface area contributed by atoms with Gasteiger partial charge < -0.3 is 18.9 Å². The SMILES string of the molecule is CCCCOCCOC(=O)CCN(CCOC(C)=O)CCOC(C)=O.NN. The molecule has 0 spiro atoms. The first-order chi connectivity index (χ1) is 13.0. The monoisotopic (exact) mass is 393 g/mol. The van der Waals surface area contributed by atoms with Crippen LogP contribution < -0.4 is 11.7 Å². The highest BCUT2D eigenvalue weighted by atomic mass is 16.6.